The molecule has 8 nitrogen and oxygen atoms in total. The van der Waals surface area contributed by atoms with Crippen LogP contribution in [0.2, 0.25) is 0 Å². The van der Waals surface area contributed by atoms with Crippen molar-refractivity contribution < 1.29 is 13.2 Å². The zero-order chi connectivity index (χ0) is 21.0. The minimum atomic E-state index is -3.33. The second kappa shape index (κ2) is 8.87. The van der Waals surface area contributed by atoms with Crippen LogP contribution in [0.1, 0.15) is 36.3 Å². The van der Waals surface area contributed by atoms with E-state index in [0.717, 1.165) is 11.3 Å². The van der Waals surface area contributed by atoms with Gasteiger partial charge in [-0.15, -0.1) is 0 Å². The summed E-state index contributed by atoms with van der Waals surface area (Å²) in [6.45, 7) is 2.85. The molecule has 1 unspecified atom stereocenters. The first-order valence-corrected chi connectivity index (χ1v) is 11.2. The van der Waals surface area contributed by atoms with Gasteiger partial charge in [0.2, 0.25) is 15.9 Å². The second-order valence-corrected chi connectivity index (χ2v) is 9.53. The molecule has 1 amide bonds. The van der Waals surface area contributed by atoms with Crippen molar-refractivity contribution in [1.29, 1.82) is 0 Å². The summed E-state index contributed by atoms with van der Waals surface area (Å²) in [5.74, 6) is 1.10. The fraction of sp³-hybridized carbons (Fsp3) is 0.450. The Morgan fingerprint density at radius 1 is 1.24 bits per heavy atom. The van der Waals surface area contributed by atoms with Crippen molar-refractivity contribution >= 4 is 21.7 Å². The van der Waals surface area contributed by atoms with Gasteiger partial charge in [-0.2, -0.15) is 4.31 Å². The van der Waals surface area contributed by atoms with E-state index >= 15 is 0 Å². The quantitative estimate of drug-likeness (QED) is 0.704. The molecule has 0 saturated carbocycles. The molecule has 1 aliphatic rings. The first-order chi connectivity index (χ1) is 13.8. The molecule has 3 rings (SSSR count). The van der Waals surface area contributed by atoms with Crippen LogP contribution in [0.4, 0.5) is 5.82 Å². The van der Waals surface area contributed by atoms with E-state index in [2.05, 4.69) is 15.3 Å². The van der Waals surface area contributed by atoms with E-state index < -0.39 is 10.0 Å². The maximum atomic E-state index is 12.5. The zero-order valence-corrected chi connectivity index (χ0v) is 17.8. The number of rotatable bonds is 8. The van der Waals surface area contributed by atoms with E-state index in [-0.39, 0.29) is 24.1 Å². The number of hydrogen-bond donors (Lipinski definition) is 1. The Morgan fingerprint density at radius 2 is 1.97 bits per heavy atom. The zero-order valence-electron chi connectivity index (χ0n) is 17.0. The molecule has 1 fully saturated rings. The van der Waals surface area contributed by atoms with Gasteiger partial charge in [0.1, 0.15) is 11.6 Å². The Hall–Kier alpha value is -2.52. The molecule has 0 spiro atoms. The van der Waals surface area contributed by atoms with Crippen LogP contribution in [-0.2, 0) is 27.9 Å². The first-order valence-electron chi connectivity index (χ1n) is 9.63. The van der Waals surface area contributed by atoms with Gasteiger partial charge < -0.3 is 10.2 Å². The molecule has 0 aliphatic carbocycles. The molecule has 1 aromatic heterocycles. The highest BCUT2D eigenvalue weighted by Crippen LogP contribution is 2.29. The molecular weight excluding hydrogens is 390 g/mol. The van der Waals surface area contributed by atoms with Gasteiger partial charge in [-0.05, 0) is 12.5 Å². The van der Waals surface area contributed by atoms with Crippen molar-refractivity contribution in [2.45, 2.75) is 32.4 Å². The third-order valence-electron chi connectivity index (χ3n) is 5.10. The number of likely N-dealkylation sites (tertiary alicyclic amines) is 1. The minimum absolute atomic E-state index is 0.0215. The lowest BCUT2D eigenvalue weighted by molar-refractivity contribution is -0.128. The largest absolute Gasteiger partial charge is 0.373 e. The number of amides is 1. The maximum Gasteiger partial charge on any atom is 0.223 e. The standard InChI is InChI=1S/C20H27N5O3S/c1-4-29(27,28)24(3)14-19-22-17(11-18(21-2)23-19)16-10-20(26)25(13-16)12-15-8-6-5-7-9-15/h5-9,11,16H,4,10,12-14H2,1-3H3,(H,21,22,23). The molecule has 0 bridgehead atoms. The predicted octanol–water partition coefficient (Wildman–Crippen LogP) is 1.82. The lowest BCUT2D eigenvalue weighted by Crippen LogP contribution is -2.29. The summed E-state index contributed by atoms with van der Waals surface area (Å²) in [6.07, 6.45) is 0.384. The molecule has 1 aliphatic heterocycles. The molecule has 156 valence electrons. The second-order valence-electron chi connectivity index (χ2n) is 7.16. The van der Waals surface area contributed by atoms with Gasteiger partial charge in [-0.25, -0.2) is 18.4 Å². The fourth-order valence-corrected chi connectivity index (χ4v) is 4.12. The van der Waals surface area contributed by atoms with Crippen LogP contribution in [-0.4, -0.2) is 59.9 Å². The Morgan fingerprint density at radius 3 is 2.62 bits per heavy atom. The van der Waals surface area contributed by atoms with Gasteiger partial charge >= 0.3 is 0 Å². The monoisotopic (exact) mass is 417 g/mol. The van der Waals surface area contributed by atoms with Crippen LogP contribution in [0.15, 0.2) is 36.4 Å². The Bertz CT molecular complexity index is 965. The molecular formula is C20H27N5O3S. The summed E-state index contributed by atoms with van der Waals surface area (Å²) in [5.41, 5.74) is 1.85. The SMILES string of the molecule is CCS(=O)(=O)N(C)Cc1nc(NC)cc(C2CC(=O)N(Cc3ccccc3)C2)n1. The van der Waals surface area contributed by atoms with Crippen molar-refractivity contribution in [2.24, 2.45) is 0 Å². The van der Waals surface area contributed by atoms with E-state index in [4.69, 9.17) is 0 Å². The smallest absolute Gasteiger partial charge is 0.223 e. The molecule has 1 saturated heterocycles. The normalized spacial score (nSPS) is 17.2. The third kappa shape index (κ3) is 5.10. The number of carbonyl (C=O) groups excluding carboxylic acids is 1. The van der Waals surface area contributed by atoms with Crippen molar-refractivity contribution in [3.05, 3.63) is 53.5 Å². The molecule has 1 atom stereocenters. The van der Waals surface area contributed by atoms with Crippen molar-refractivity contribution in [1.82, 2.24) is 19.2 Å². The number of benzene rings is 1. The van der Waals surface area contributed by atoms with E-state index in [1.165, 1.54) is 11.4 Å². The van der Waals surface area contributed by atoms with Gasteiger partial charge in [0.15, 0.2) is 0 Å². The Balaban J connectivity index is 1.78. The van der Waals surface area contributed by atoms with E-state index in [1.807, 2.05) is 41.3 Å². The van der Waals surface area contributed by atoms with Crippen LogP contribution in [0.3, 0.4) is 0 Å². The summed E-state index contributed by atoms with van der Waals surface area (Å²) < 4.78 is 25.4. The Labute approximate surface area is 172 Å². The molecule has 29 heavy (non-hydrogen) atoms. The van der Waals surface area contributed by atoms with Crippen molar-refractivity contribution in [2.75, 3.05) is 31.7 Å². The van der Waals surface area contributed by atoms with E-state index in [1.54, 1.807) is 14.0 Å². The molecule has 1 N–H and O–H groups in total. The number of sulfonamides is 1. The van der Waals surface area contributed by atoms with Crippen LogP contribution >= 0.6 is 0 Å². The maximum absolute atomic E-state index is 12.5. The lowest BCUT2D eigenvalue weighted by Gasteiger charge is -2.18. The van der Waals surface area contributed by atoms with Crippen molar-refractivity contribution in [3.8, 4) is 0 Å². The fourth-order valence-electron chi connectivity index (χ4n) is 3.37. The lowest BCUT2D eigenvalue weighted by atomic mass is 10.0. The van der Waals surface area contributed by atoms with Gasteiger partial charge in [-0.3, -0.25) is 4.79 Å². The number of carbonyl (C=O) groups is 1. The van der Waals surface area contributed by atoms with E-state index in [0.29, 0.717) is 31.2 Å². The number of anilines is 1. The summed E-state index contributed by atoms with van der Waals surface area (Å²) >= 11 is 0. The first kappa shape index (κ1) is 21.2. The number of aromatic nitrogens is 2. The average molecular weight is 418 g/mol. The Kier molecular flexibility index (Phi) is 6.49. The molecule has 2 aromatic rings. The summed E-state index contributed by atoms with van der Waals surface area (Å²) in [6, 6.07) is 11.7. The van der Waals surface area contributed by atoms with Gasteiger partial charge in [0.05, 0.1) is 18.0 Å². The highest BCUT2D eigenvalue weighted by molar-refractivity contribution is 7.89. The van der Waals surface area contributed by atoms with Gasteiger partial charge in [0.25, 0.3) is 0 Å². The van der Waals surface area contributed by atoms with Crippen molar-refractivity contribution in [3.63, 3.8) is 0 Å². The summed E-state index contributed by atoms with van der Waals surface area (Å²) in [4.78, 5) is 23.4. The third-order valence-corrected chi connectivity index (χ3v) is 6.91. The average Bonchev–Trinajstić information content (AvgIpc) is 3.08. The summed E-state index contributed by atoms with van der Waals surface area (Å²) in [7, 11) is -0.0531. The van der Waals surface area contributed by atoms with Crippen LogP contribution in [0, 0.1) is 0 Å². The molecule has 9 heteroatoms. The number of nitrogens with zero attached hydrogens (tertiary/aromatic N) is 4. The minimum Gasteiger partial charge on any atom is -0.373 e. The van der Waals surface area contributed by atoms with Crippen LogP contribution < -0.4 is 5.32 Å². The van der Waals surface area contributed by atoms with Crippen LogP contribution in [0.5, 0.6) is 0 Å². The van der Waals surface area contributed by atoms with Crippen LogP contribution in [0.25, 0.3) is 0 Å². The topological polar surface area (TPSA) is 95.5 Å². The summed E-state index contributed by atoms with van der Waals surface area (Å²) in [5, 5.41) is 3.00. The molecule has 2 heterocycles. The van der Waals surface area contributed by atoms with E-state index in [9.17, 15) is 13.2 Å². The highest BCUT2D eigenvalue weighted by Gasteiger charge is 2.32. The molecule has 0 radical (unpaired) electrons. The number of nitrogens with one attached hydrogen (secondary N) is 1. The van der Waals surface area contributed by atoms with Gasteiger partial charge in [0, 0.05) is 45.6 Å². The molecule has 1 aromatic carbocycles. The number of hydrogen-bond acceptors (Lipinski definition) is 6. The highest BCUT2D eigenvalue weighted by atomic mass is 32.2. The predicted molar refractivity (Wildman–Crippen MR) is 112 cm³/mol. The van der Waals surface area contributed by atoms with Gasteiger partial charge in [-0.1, -0.05) is 30.3 Å².